The van der Waals surface area contributed by atoms with Crippen molar-refractivity contribution in [3.63, 3.8) is 0 Å². The first-order chi connectivity index (χ1) is 12.6. The van der Waals surface area contributed by atoms with Crippen LogP contribution in [0, 0.1) is 11.8 Å². The topological polar surface area (TPSA) is 76.4 Å². The zero-order valence-electron chi connectivity index (χ0n) is 15.2. The summed E-state index contributed by atoms with van der Waals surface area (Å²) in [5.41, 5.74) is 0.924. The number of carbonyl (C=O) groups excluding carboxylic acids is 1. The molecule has 0 aliphatic carbocycles. The molecule has 2 aliphatic rings. The number of carbonyl (C=O) groups is 1. The number of tetrazole rings is 1. The van der Waals surface area contributed by atoms with Crippen molar-refractivity contribution in [2.75, 3.05) is 37.7 Å². The molecule has 8 heteroatoms. The molecule has 1 aromatic heterocycles. The van der Waals surface area contributed by atoms with Crippen LogP contribution in [0.2, 0.25) is 0 Å². The molecule has 1 amide bonds. The van der Waals surface area contributed by atoms with Gasteiger partial charge in [0.2, 0.25) is 11.9 Å². The molecule has 2 saturated heterocycles. The molecule has 0 unspecified atom stereocenters. The highest BCUT2D eigenvalue weighted by molar-refractivity contribution is 5.78. The summed E-state index contributed by atoms with van der Waals surface area (Å²) in [5, 5.41) is 12.3. The molecular weight excluding hydrogens is 332 g/mol. The zero-order chi connectivity index (χ0) is 18.1. The van der Waals surface area contributed by atoms with Gasteiger partial charge in [0.25, 0.3) is 0 Å². The number of fused-ring (bicyclic) bond motifs is 3. The molecule has 0 saturated carbocycles. The Balaban J connectivity index is 1.64. The number of para-hydroxylation sites is 1. The van der Waals surface area contributed by atoms with Crippen LogP contribution in [0.25, 0.3) is 5.69 Å². The van der Waals surface area contributed by atoms with E-state index in [4.69, 9.17) is 4.74 Å². The maximum absolute atomic E-state index is 12.7. The minimum atomic E-state index is -0.0163. The first kappa shape index (κ1) is 17.0. The Morgan fingerprint density at radius 2 is 1.96 bits per heavy atom. The number of hydrogen-bond acceptors (Lipinski definition) is 6. The van der Waals surface area contributed by atoms with Crippen LogP contribution in [0.4, 0.5) is 5.95 Å². The van der Waals surface area contributed by atoms with E-state index in [1.54, 1.807) is 4.68 Å². The summed E-state index contributed by atoms with van der Waals surface area (Å²) in [4.78, 5) is 16.9. The van der Waals surface area contributed by atoms with Crippen molar-refractivity contribution in [2.24, 2.45) is 11.8 Å². The largest absolute Gasteiger partial charge is 0.379 e. The third-order valence-corrected chi connectivity index (χ3v) is 4.98. The van der Waals surface area contributed by atoms with Crippen molar-refractivity contribution < 1.29 is 9.53 Å². The number of nitrogens with zero attached hydrogens (tertiary/aromatic N) is 6. The second-order valence-corrected chi connectivity index (χ2v) is 7.33. The standard InChI is InChI=1S/C18H24N6O2/c1-13(2)17(25)23-9-14-8-22(10-16(23)12-26-11-14)18-19-20-21-24(18)15-6-4-3-5-7-15/h3-7,13-14,16H,8-12H2,1-2H3/t14-,16-/m0/s1. The van der Waals surface area contributed by atoms with E-state index in [0.717, 1.165) is 18.8 Å². The quantitative estimate of drug-likeness (QED) is 0.816. The van der Waals surface area contributed by atoms with Gasteiger partial charge in [0.05, 0.1) is 24.9 Å². The predicted octanol–water partition coefficient (Wildman–Crippen LogP) is 0.982. The number of anilines is 1. The molecule has 2 bridgehead atoms. The lowest BCUT2D eigenvalue weighted by atomic mass is 10.1. The lowest BCUT2D eigenvalue weighted by molar-refractivity contribution is -0.136. The molecule has 0 spiro atoms. The summed E-state index contributed by atoms with van der Waals surface area (Å²) < 4.78 is 7.58. The fraction of sp³-hybridized carbons (Fsp3) is 0.556. The van der Waals surface area contributed by atoms with E-state index in [-0.39, 0.29) is 23.8 Å². The highest BCUT2D eigenvalue weighted by Crippen LogP contribution is 2.25. The van der Waals surface area contributed by atoms with Gasteiger partial charge >= 0.3 is 0 Å². The number of aromatic nitrogens is 4. The van der Waals surface area contributed by atoms with Crippen LogP contribution in [0.1, 0.15) is 13.8 Å². The molecule has 26 heavy (non-hydrogen) atoms. The monoisotopic (exact) mass is 356 g/mol. The smallest absolute Gasteiger partial charge is 0.250 e. The molecular formula is C18H24N6O2. The minimum Gasteiger partial charge on any atom is -0.379 e. The van der Waals surface area contributed by atoms with Crippen LogP contribution in [0.5, 0.6) is 0 Å². The van der Waals surface area contributed by atoms with Crippen molar-refractivity contribution in [3.8, 4) is 5.69 Å². The molecule has 3 heterocycles. The highest BCUT2D eigenvalue weighted by Gasteiger charge is 2.37. The Hall–Kier alpha value is -2.48. The molecule has 0 N–H and O–H groups in total. The SMILES string of the molecule is CC(C)C(=O)N1C[C@H]2COC[C@@H]1CN(c1nnnn1-c1ccccc1)C2. The second-order valence-electron chi connectivity index (χ2n) is 7.33. The van der Waals surface area contributed by atoms with Gasteiger partial charge in [-0.2, -0.15) is 4.68 Å². The van der Waals surface area contributed by atoms with Crippen LogP contribution in [0.3, 0.4) is 0 Å². The number of ether oxygens (including phenoxy) is 1. The van der Waals surface area contributed by atoms with Gasteiger partial charge in [0.1, 0.15) is 0 Å². The Morgan fingerprint density at radius 3 is 2.73 bits per heavy atom. The number of amides is 1. The van der Waals surface area contributed by atoms with Crippen LogP contribution in [-0.2, 0) is 9.53 Å². The summed E-state index contributed by atoms with van der Waals surface area (Å²) in [6, 6.07) is 9.88. The highest BCUT2D eigenvalue weighted by atomic mass is 16.5. The van der Waals surface area contributed by atoms with Gasteiger partial charge in [0.15, 0.2) is 0 Å². The Bertz CT molecular complexity index is 762. The maximum atomic E-state index is 12.7. The fourth-order valence-corrected chi connectivity index (χ4v) is 3.72. The molecule has 2 aliphatic heterocycles. The van der Waals surface area contributed by atoms with Gasteiger partial charge in [-0.15, -0.1) is 0 Å². The molecule has 138 valence electrons. The van der Waals surface area contributed by atoms with Crippen LogP contribution >= 0.6 is 0 Å². The molecule has 4 rings (SSSR count). The normalized spacial score (nSPS) is 23.2. The van der Waals surface area contributed by atoms with E-state index in [2.05, 4.69) is 20.4 Å². The third-order valence-electron chi connectivity index (χ3n) is 4.98. The van der Waals surface area contributed by atoms with Gasteiger partial charge in [-0.25, -0.2) is 0 Å². The Labute approximate surface area is 152 Å². The van der Waals surface area contributed by atoms with E-state index < -0.39 is 0 Å². The minimum absolute atomic E-state index is 0.0123. The maximum Gasteiger partial charge on any atom is 0.250 e. The van der Waals surface area contributed by atoms with E-state index in [0.29, 0.717) is 25.7 Å². The van der Waals surface area contributed by atoms with Crippen LogP contribution in [0.15, 0.2) is 30.3 Å². The zero-order valence-corrected chi connectivity index (χ0v) is 15.2. The van der Waals surface area contributed by atoms with Crippen molar-refractivity contribution in [2.45, 2.75) is 19.9 Å². The van der Waals surface area contributed by atoms with Crippen molar-refractivity contribution in [3.05, 3.63) is 30.3 Å². The van der Waals surface area contributed by atoms with Crippen LogP contribution < -0.4 is 4.90 Å². The second kappa shape index (κ2) is 7.03. The summed E-state index contributed by atoms with van der Waals surface area (Å²) in [7, 11) is 0. The van der Waals surface area contributed by atoms with E-state index in [1.807, 2.05) is 49.1 Å². The molecule has 2 atom stereocenters. The molecule has 0 radical (unpaired) electrons. The predicted molar refractivity (Wildman–Crippen MR) is 96.0 cm³/mol. The number of hydrogen-bond donors (Lipinski definition) is 0. The molecule has 1 aromatic carbocycles. The molecule has 8 nitrogen and oxygen atoms in total. The van der Waals surface area contributed by atoms with Crippen LogP contribution in [-0.4, -0.2) is 69.9 Å². The van der Waals surface area contributed by atoms with Gasteiger partial charge in [-0.05, 0) is 22.6 Å². The van der Waals surface area contributed by atoms with E-state index in [9.17, 15) is 4.79 Å². The van der Waals surface area contributed by atoms with Gasteiger partial charge in [-0.1, -0.05) is 37.1 Å². The Kier molecular flexibility index (Phi) is 4.58. The van der Waals surface area contributed by atoms with Crippen molar-refractivity contribution in [1.82, 2.24) is 25.1 Å². The molecule has 2 fully saturated rings. The van der Waals surface area contributed by atoms with Gasteiger partial charge < -0.3 is 14.5 Å². The summed E-state index contributed by atoms with van der Waals surface area (Å²) in [6.07, 6.45) is 0. The number of benzene rings is 1. The first-order valence-electron chi connectivity index (χ1n) is 9.10. The average Bonchev–Trinajstić information content (AvgIpc) is 2.94. The summed E-state index contributed by atoms with van der Waals surface area (Å²) >= 11 is 0. The lowest BCUT2D eigenvalue weighted by Crippen LogP contribution is -2.48. The van der Waals surface area contributed by atoms with Gasteiger partial charge in [0, 0.05) is 31.5 Å². The Morgan fingerprint density at radius 1 is 1.15 bits per heavy atom. The first-order valence-corrected chi connectivity index (χ1v) is 9.10. The average molecular weight is 356 g/mol. The van der Waals surface area contributed by atoms with Gasteiger partial charge in [-0.3, -0.25) is 4.79 Å². The number of rotatable bonds is 3. The third kappa shape index (κ3) is 3.16. The van der Waals surface area contributed by atoms with E-state index in [1.165, 1.54) is 0 Å². The fourth-order valence-electron chi connectivity index (χ4n) is 3.72. The van der Waals surface area contributed by atoms with E-state index >= 15 is 0 Å². The van der Waals surface area contributed by atoms with Crippen molar-refractivity contribution >= 4 is 11.9 Å². The summed E-state index contributed by atoms with van der Waals surface area (Å²) in [5.74, 6) is 1.13. The van der Waals surface area contributed by atoms with Crippen molar-refractivity contribution in [1.29, 1.82) is 0 Å². The summed E-state index contributed by atoms with van der Waals surface area (Å²) in [6.45, 7) is 7.27. The lowest BCUT2D eigenvalue weighted by Gasteiger charge is -2.32. The molecule has 2 aromatic rings.